The van der Waals surface area contributed by atoms with Crippen molar-refractivity contribution in [3.05, 3.63) is 53.5 Å². The lowest BCUT2D eigenvalue weighted by Gasteiger charge is -2.33. The first kappa shape index (κ1) is 15.1. The molecule has 1 aromatic carbocycles. The number of aromatic nitrogens is 4. The number of nitrogens with zero attached hydrogens (tertiary/aromatic N) is 5. The van der Waals surface area contributed by atoms with Crippen molar-refractivity contribution in [2.24, 2.45) is 0 Å². The fourth-order valence-corrected chi connectivity index (χ4v) is 3.41. The molecule has 1 saturated heterocycles. The zero-order chi connectivity index (χ0) is 16.5. The van der Waals surface area contributed by atoms with E-state index < -0.39 is 0 Å². The smallest absolute Gasteiger partial charge is 0.254 e. The third kappa shape index (κ3) is 2.97. The number of quaternary nitrogens is 1. The molecule has 0 amide bonds. The molecule has 24 heavy (non-hydrogen) atoms. The Hall–Kier alpha value is -2.47. The van der Waals surface area contributed by atoms with Gasteiger partial charge >= 0.3 is 0 Å². The van der Waals surface area contributed by atoms with Crippen molar-refractivity contribution in [1.29, 1.82) is 0 Å². The number of anilines is 1. The van der Waals surface area contributed by atoms with Gasteiger partial charge in [-0.2, -0.15) is 9.50 Å². The quantitative estimate of drug-likeness (QED) is 0.769. The Morgan fingerprint density at radius 1 is 1.04 bits per heavy atom. The molecule has 4 rings (SSSR count). The molecule has 1 fully saturated rings. The SMILES string of the molecule is Cc1cc(N2CC[NH+](Cc3ccccc3)CC2)n2nc(C)nc2n1. The number of piperazine rings is 1. The van der Waals surface area contributed by atoms with E-state index in [4.69, 9.17) is 0 Å². The minimum Gasteiger partial charge on any atom is -0.345 e. The van der Waals surface area contributed by atoms with Crippen molar-refractivity contribution in [3.8, 4) is 0 Å². The lowest BCUT2D eigenvalue weighted by atomic mass is 10.2. The molecule has 2 aromatic heterocycles. The summed E-state index contributed by atoms with van der Waals surface area (Å²) in [4.78, 5) is 12.9. The van der Waals surface area contributed by atoms with Gasteiger partial charge in [0.15, 0.2) is 0 Å². The number of rotatable bonds is 3. The third-order valence-electron chi connectivity index (χ3n) is 4.62. The topological polar surface area (TPSA) is 50.8 Å². The van der Waals surface area contributed by atoms with E-state index in [1.807, 2.05) is 18.4 Å². The van der Waals surface area contributed by atoms with Gasteiger partial charge in [-0.1, -0.05) is 30.3 Å². The first-order chi connectivity index (χ1) is 11.7. The van der Waals surface area contributed by atoms with Gasteiger partial charge in [-0.05, 0) is 13.8 Å². The summed E-state index contributed by atoms with van der Waals surface area (Å²) in [7, 11) is 0. The summed E-state index contributed by atoms with van der Waals surface area (Å²) in [6.07, 6.45) is 0. The molecule has 1 N–H and O–H groups in total. The monoisotopic (exact) mass is 323 g/mol. The van der Waals surface area contributed by atoms with Crippen molar-refractivity contribution < 1.29 is 4.90 Å². The highest BCUT2D eigenvalue weighted by molar-refractivity contribution is 5.47. The first-order valence-electron chi connectivity index (χ1n) is 8.52. The molecule has 1 aliphatic heterocycles. The van der Waals surface area contributed by atoms with Gasteiger partial charge in [0.2, 0.25) is 0 Å². The lowest BCUT2D eigenvalue weighted by molar-refractivity contribution is -0.914. The van der Waals surface area contributed by atoms with Crippen LogP contribution in [0.15, 0.2) is 36.4 Å². The molecule has 0 spiro atoms. The molecule has 3 aromatic rings. The standard InChI is InChI=1S/C18H22N6/c1-14-12-17(24-18(19-14)20-15(2)21-24)23-10-8-22(9-11-23)13-16-6-4-3-5-7-16/h3-7,12H,8-11,13H2,1-2H3/p+1. The molecule has 6 heteroatoms. The average Bonchev–Trinajstić information content (AvgIpc) is 2.96. The van der Waals surface area contributed by atoms with Crippen molar-refractivity contribution in [3.63, 3.8) is 0 Å². The summed E-state index contributed by atoms with van der Waals surface area (Å²) in [6, 6.07) is 12.9. The fraction of sp³-hybridized carbons (Fsp3) is 0.389. The number of benzene rings is 1. The second-order valence-corrected chi connectivity index (χ2v) is 6.53. The van der Waals surface area contributed by atoms with Crippen LogP contribution < -0.4 is 9.80 Å². The number of aryl methyl sites for hydroxylation is 2. The Balaban J connectivity index is 1.50. The van der Waals surface area contributed by atoms with E-state index in [1.54, 1.807) is 4.90 Å². The van der Waals surface area contributed by atoms with Crippen LogP contribution in [-0.2, 0) is 6.54 Å². The predicted octanol–water partition coefficient (Wildman–Crippen LogP) is 0.646. The van der Waals surface area contributed by atoms with Crippen molar-refractivity contribution in [2.75, 3.05) is 31.1 Å². The van der Waals surface area contributed by atoms with Crippen LogP contribution in [0.1, 0.15) is 17.1 Å². The van der Waals surface area contributed by atoms with Crippen LogP contribution in [0.4, 0.5) is 5.82 Å². The van der Waals surface area contributed by atoms with E-state index in [9.17, 15) is 0 Å². The molecular formula is C18H23N6+. The Bertz CT molecular complexity index is 833. The maximum absolute atomic E-state index is 4.51. The van der Waals surface area contributed by atoms with Crippen molar-refractivity contribution in [1.82, 2.24) is 19.6 Å². The zero-order valence-corrected chi connectivity index (χ0v) is 14.2. The van der Waals surface area contributed by atoms with E-state index >= 15 is 0 Å². The second-order valence-electron chi connectivity index (χ2n) is 6.53. The number of fused-ring (bicyclic) bond motifs is 1. The highest BCUT2D eigenvalue weighted by Crippen LogP contribution is 2.16. The Labute approximate surface area is 141 Å². The molecule has 124 valence electrons. The highest BCUT2D eigenvalue weighted by atomic mass is 15.4. The summed E-state index contributed by atoms with van der Waals surface area (Å²) in [5, 5.41) is 4.51. The van der Waals surface area contributed by atoms with Gasteiger partial charge in [-0.25, -0.2) is 4.98 Å². The van der Waals surface area contributed by atoms with Crippen LogP contribution in [0.25, 0.3) is 5.78 Å². The minimum absolute atomic E-state index is 0.696. The van der Waals surface area contributed by atoms with Crippen LogP contribution >= 0.6 is 0 Å². The van der Waals surface area contributed by atoms with Gasteiger partial charge in [0.1, 0.15) is 18.2 Å². The molecule has 1 aliphatic rings. The zero-order valence-electron chi connectivity index (χ0n) is 14.2. The molecule has 6 nitrogen and oxygen atoms in total. The Morgan fingerprint density at radius 2 is 1.79 bits per heavy atom. The van der Waals surface area contributed by atoms with Crippen molar-refractivity contribution in [2.45, 2.75) is 20.4 Å². The molecule has 0 aliphatic carbocycles. The second kappa shape index (κ2) is 6.20. The molecule has 0 atom stereocenters. The highest BCUT2D eigenvalue weighted by Gasteiger charge is 2.23. The van der Waals surface area contributed by atoms with Gasteiger partial charge in [0, 0.05) is 17.3 Å². The summed E-state index contributed by atoms with van der Waals surface area (Å²) in [5.74, 6) is 2.57. The third-order valence-corrected chi connectivity index (χ3v) is 4.62. The summed E-state index contributed by atoms with van der Waals surface area (Å²) in [5.41, 5.74) is 2.40. The van der Waals surface area contributed by atoms with E-state index in [2.05, 4.69) is 56.4 Å². The minimum atomic E-state index is 0.696. The summed E-state index contributed by atoms with van der Waals surface area (Å²) in [6.45, 7) is 9.35. The van der Waals surface area contributed by atoms with E-state index in [-0.39, 0.29) is 0 Å². The van der Waals surface area contributed by atoms with Gasteiger partial charge in [0.05, 0.1) is 26.2 Å². The lowest BCUT2D eigenvalue weighted by Crippen LogP contribution is -3.13. The number of hydrogen-bond donors (Lipinski definition) is 1. The fourth-order valence-electron chi connectivity index (χ4n) is 3.41. The molecule has 0 unspecified atom stereocenters. The molecular weight excluding hydrogens is 300 g/mol. The van der Waals surface area contributed by atoms with Crippen LogP contribution in [0.3, 0.4) is 0 Å². The maximum atomic E-state index is 4.51. The molecule has 0 bridgehead atoms. The predicted molar refractivity (Wildman–Crippen MR) is 93.3 cm³/mol. The van der Waals surface area contributed by atoms with Crippen LogP contribution in [0.2, 0.25) is 0 Å². The molecule has 0 saturated carbocycles. The van der Waals surface area contributed by atoms with Crippen LogP contribution in [0.5, 0.6) is 0 Å². The van der Waals surface area contributed by atoms with Gasteiger partial charge in [0.25, 0.3) is 5.78 Å². The average molecular weight is 323 g/mol. The van der Waals surface area contributed by atoms with Gasteiger partial charge in [-0.3, -0.25) is 0 Å². The van der Waals surface area contributed by atoms with E-state index in [0.29, 0.717) is 5.78 Å². The maximum Gasteiger partial charge on any atom is 0.254 e. The summed E-state index contributed by atoms with van der Waals surface area (Å²) < 4.78 is 1.88. The van der Waals surface area contributed by atoms with Gasteiger partial charge in [-0.15, -0.1) is 5.10 Å². The van der Waals surface area contributed by atoms with Crippen LogP contribution in [0, 0.1) is 13.8 Å². The summed E-state index contributed by atoms with van der Waals surface area (Å²) >= 11 is 0. The van der Waals surface area contributed by atoms with Crippen molar-refractivity contribution >= 4 is 11.6 Å². The van der Waals surface area contributed by atoms with E-state index in [0.717, 1.165) is 50.1 Å². The van der Waals surface area contributed by atoms with E-state index in [1.165, 1.54) is 5.56 Å². The van der Waals surface area contributed by atoms with Crippen LogP contribution in [-0.4, -0.2) is 45.8 Å². The molecule has 0 radical (unpaired) electrons. The Morgan fingerprint density at radius 3 is 2.54 bits per heavy atom. The largest absolute Gasteiger partial charge is 0.345 e. The number of nitrogens with one attached hydrogen (secondary N) is 1. The number of hydrogen-bond acceptors (Lipinski definition) is 4. The first-order valence-corrected chi connectivity index (χ1v) is 8.52. The Kier molecular flexibility index (Phi) is 3.90. The normalized spacial score (nSPS) is 16.0. The molecule has 3 heterocycles. The van der Waals surface area contributed by atoms with Gasteiger partial charge < -0.3 is 9.80 Å².